The van der Waals surface area contributed by atoms with Crippen molar-refractivity contribution in [3.8, 4) is 0 Å². The topological polar surface area (TPSA) is 80.6 Å². The van der Waals surface area contributed by atoms with E-state index in [9.17, 15) is 8.42 Å². The van der Waals surface area contributed by atoms with Gasteiger partial charge in [-0.2, -0.15) is 0 Å². The Kier molecular flexibility index (Phi) is 4.35. The summed E-state index contributed by atoms with van der Waals surface area (Å²) in [4.78, 5) is 0. The number of furan rings is 1. The van der Waals surface area contributed by atoms with E-state index >= 15 is 0 Å². The Bertz CT molecular complexity index is 574. The summed E-state index contributed by atoms with van der Waals surface area (Å²) in [6.45, 7) is 3.76. The van der Waals surface area contributed by atoms with Crippen LogP contribution in [0.2, 0.25) is 0 Å². The monoisotopic (exact) mass is 314 g/mol. The molecule has 2 aliphatic rings. The third-order valence-corrected chi connectivity index (χ3v) is 5.49. The van der Waals surface area contributed by atoms with Crippen LogP contribution >= 0.6 is 0 Å². The molecule has 0 spiro atoms. The quantitative estimate of drug-likeness (QED) is 0.791. The Hall–Kier alpha value is -0.890. The van der Waals surface area contributed by atoms with Crippen molar-refractivity contribution in [3.63, 3.8) is 0 Å². The number of rotatable bonds is 7. The fraction of sp³-hybridized carbons (Fsp3) is 0.714. The van der Waals surface area contributed by atoms with Crippen LogP contribution in [0.3, 0.4) is 0 Å². The molecule has 0 radical (unpaired) electrons. The van der Waals surface area contributed by atoms with E-state index in [0.29, 0.717) is 31.6 Å². The highest BCUT2D eigenvalue weighted by Gasteiger charge is 2.28. The van der Waals surface area contributed by atoms with Gasteiger partial charge in [0.1, 0.15) is 5.76 Å². The summed E-state index contributed by atoms with van der Waals surface area (Å²) >= 11 is 0. The van der Waals surface area contributed by atoms with Gasteiger partial charge in [-0.25, -0.2) is 13.1 Å². The zero-order chi connectivity index (χ0) is 14.9. The van der Waals surface area contributed by atoms with Crippen LogP contribution < -0.4 is 10.0 Å². The Morgan fingerprint density at radius 3 is 2.81 bits per heavy atom. The van der Waals surface area contributed by atoms with E-state index in [1.54, 1.807) is 6.07 Å². The van der Waals surface area contributed by atoms with Crippen molar-refractivity contribution in [3.05, 3.63) is 17.9 Å². The van der Waals surface area contributed by atoms with Crippen molar-refractivity contribution < 1.29 is 17.6 Å². The molecule has 2 heterocycles. The maximum Gasteiger partial charge on any atom is 0.274 e. The summed E-state index contributed by atoms with van der Waals surface area (Å²) in [5, 5.41) is 3.28. The van der Waals surface area contributed by atoms with E-state index in [1.807, 2.05) is 6.92 Å². The van der Waals surface area contributed by atoms with Crippen LogP contribution in [-0.4, -0.2) is 33.7 Å². The third-order valence-electron chi connectivity index (χ3n) is 4.06. The molecule has 1 aliphatic carbocycles. The molecule has 0 amide bonds. The highest BCUT2D eigenvalue weighted by molar-refractivity contribution is 7.89. The smallest absolute Gasteiger partial charge is 0.274 e. The summed E-state index contributed by atoms with van der Waals surface area (Å²) in [6, 6.07) is 3.64. The van der Waals surface area contributed by atoms with Gasteiger partial charge in [-0.15, -0.1) is 0 Å². The second-order valence-electron chi connectivity index (χ2n) is 5.91. The maximum absolute atomic E-state index is 12.3. The number of hydrogen-bond acceptors (Lipinski definition) is 5. The van der Waals surface area contributed by atoms with Crippen molar-refractivity contribution in [1.29, 1.82) is 0 Å². The van der Waals surface area contributed by atoms with Gasteiger partial charge in [0.05, 0.1) is 13.2 Å². The molecular weight excluding hydrogens is 292 g/mol. The average molecular weight is 314 g/mol. The molecule has 2 fully saturated rings. The van der Waals surface area contributed by atoms with Gasteiger partial charge in [0.2, 0.25) is 5.09 Å². The highest BCUT2D eigenvalue weighted by Crippen LogP contribution is 2.22. The van der Waals surface area contributed by atoms with Gasteiger partial charge in [0.15, 0.2) is 0 Å². The standard InChI is InChI=1S/C14H22N2O4S/c1-10(11-6-7-19-9-11)16-21(17,18)14-5-4-13(20-14)8-15-12-2-3-12/h4-5,10-12,15-16H,2-3,6-9H2,1H3. The minimum Gasteiger partial charge on any atom is -0.447 e. The summed E-state index contributed by atoms with van der Waals surface area (Å²) < 4.78 is 38.0. The van der Waals surface area contributed by atoms with Crippen molar-refractivity contribution in [2.45, 2.75) is 49.9 Å². The van der Waals surface area contributed by atoms with Crippen molar-refractivity contribution in [2.24, 2.45) is 5.92 Å². The first kappa shape index (κ1) is 15.0. The van der Waals surface area contributed by atoms with Gasteiger partial charge >= 0.3 is 0 Å². The Balaban J connectivity index is 1.60. The molecule has 1 saturated carbocycles. The normalized spacial score (nSPS) is 24.3. The molecule has 7 heteroatoms. The first-order valence-electron chi connectivity index (χ1n) is 7.47. The third kappa shape index (κ3) is 3.85. The Morgan fingerprint density at radius 2 is 2.14 bits per heavy atom. The van der Waals surface area contributed by atoms with E-state index in [0.717, 1.165) is 6.42 Å². The van der Waals surface area contributed by atoms with Crippen LogP contribution in [0, 0.1) is 5.92 Å². The zero-order valence-electron chi connectivity index (χ0n) is 12.2. The molecule has 2 atom stereocenters. The second kappa shape index (κ2) is 6.08. The van der Waals surface area contributed by atoms with Crippen LogP contribution in [0.4, 0.5) is 0 Å². The van der Waals surface area contributed by atoms with Crippen LogP contribution in [0.1, 0.15) is 31.9 Å². The van der Waals surface area contributed by atoms with Gasteiger partial charge in [0, 0.05) is 24.6 Å². The molecule has 1 aromatic heterocycles. The molecule has 21 heavy (non-hydrogen) atoms. The summed E-state index contributed by atoms with van der Waals surface area (Å²) in [5.41, 5.74) is 0. The first-order chi connectivity index (χ1) is 10.0. The lowest BCUT2D eigenvalue weighted by molar-refractivity contribution is 0.180. The molecule has 118 valence electrons. The van der Waals surface area contributed by atoms with Crippen molar-refractivity contribution in [1.82, 2.24) is 10.0 Å². The molecular formula is C14H22N2O4S. The molecule has 2 unspecified atom stereocenters. The summed E-state index contributed by atoms with van der Waals surface area (Å²) in [7, 11) is -3.60. The minimum absolute atomic E-state index is 0.0131. The lowest BCUT2D eigenvalue weighted by Gasteiger charge is -2.18. The van der Waals surface area contributed by atoms with Crippen molar-refractivity contribution in [2.75, 3.05) is 13.2 Å². The average Bonchev–Trinajstić information content (AvgIpc) is 2.96. The molecule has 3 rings (SSSR count). The van der Waals surface area contributed by atoms with E-state index in [2.05, 4.69) is 10.0 Å². The van der Waals surface area contributed by atoms with Crippen molar-refractivity contribution >= 4 is 10.0 Å². The Morgan fingerprint density at radius 1 is 1.33 bits per heavy atom. The molecule has 0 aromatic carbocycles. The van der Waals surface area contributed by atoms with E-state index < -0.39 is 10.0 Å². The van der Waals surface area contributed by atoms with Gasteiger partial charge < -0.3 is 14.5 Å². The molecule has 0 bridgehead atoms. The molecule has 1 saturated heterocycles. The zero-order valence-corrected chi connectivity index (χ0v) is 13.0. The highest BCUT2D eigenvalue weighted by atomic mass is 32.2. The number of nitrogens with one attached hydrogen (secondary N) is 2. The fourth-order valence-electron chi connectivity index (χ4n) is 2.48. The summed E-state index contributed by atoms with van der Waals surface area (Å²) in [6.07, 6.45) is 3.27. The summed E-state index contributed by atoms with van der Waals surface area (Å²) in [5.74, 6) is 0.880. The van der Waals surface area contributed by atoms with Gasteiger partial charge in [-0.1, -0.05) is 0 Å². The fourth-order valence-corrected chi connectivity index (χ4v) is 3.74. The number of sulfonamides is 1. The largest absolute Gasteiger partial charge is 0.447 e. The first-order valence-corrected chi connectivity index (χ1v) is 8.95. The van der Waals surface area contributed by atoms with Gasteiger partial charge in [-0.05, 0) is 38.3 Å². The lowest BCUT2D eigenvalue weighted by atomic mass is 10.0. The van der Waals surface area contributed by atoms with E-state index in [-0.39, 0.29) is 17.1 Å². The van der Waals surface area contributed by atoms with Crippen LogP contribution in [0.25, 0.3) is 0 Å². The lowest BCUT2D eigenvalue weighted by Crippen LogP contribution is -2.38. The van der Waals surface area contributed by atoms with E-state index in [1.165, 1.54) is 18.9 Å². The minimum atomic E-state index is -3.60. The van der Waals surface area contributed by atoms with Gasteiger partial charge in [0.25, 0.3) is 10.0 Å². The van der Waals surface area contributed by atoms with Crippen LogP contribution in [0.15, 0.2) is 21.6 Å². The SMILES string of the molecule is CC(NS(=O)(=O)c1ccc(CNC2CC2)o1)C1CCOC1. The predicted octanol–water partition coefficient (Wildman–Crippen LogP) is 1.23. The van der Waals surface area contributed by atoms with Crippen LogP contribution in [-0.2, 0) is 21.3 Å². The van der Waals surface area contributed by atoms with Gasteiger partial charge in [-0.3, -0.25) is 0 Å². The maximum atomic E-state index is 12.3. The predicted molar refractivity (Wildman–Crippen MR) is 77.3 cm³/mol. The van der Waals surface area contributed by atoms with Crippen LogP contribution in [0.5, 0.6) is 0 Å². The molecule has 2 N–H and O–H groups in total. The molecule has 1 aliphatic heterocycles. The molecule has 1 aromatic rings. The Labute approximate surface area is 125 Å². The number of hydrogen-bond donors (Lipinski definition) is 2. The second-order valence-corrected chi connectivity index (χ2v) is 7.55. The molecule has 6 nitrogen and oxygen atoms in total. The number of ether oxygens (including phenoxy) is 1. The van der Waals surface area contributed by atoms with E-state index in [4.69, 9.17) is 9.15 Å².